The fraction of sp³-hybridized carbons (Fsp3) is 0.212. The van der Waals surface area contributed by atoms with Crippen molar-refractivity contribution in [2.45, 2.75) is 32.1 Å². The lowest BCUT2D eigenvalue weighted by atomic mass is 9.93. The van der Waals surface area contributed by atoms with E-state index in [2.05, 4.69) is 39.7 Å². The Morgan fingerprint density at radius 3 is 2.24 bits per heavy atom. The average molecular weight is 547 g/mol. The standard InChI is InChI=1S/C33H30N4O4/c1-4-40-32(38)33(18-19-33)26-15-12-23(13-16-26)22-8-10-24(11-9-22)31-30(21(2)37-41-31)36-28-7-5-6-27(35-28)25-14-17-29(39-3)34-20-25/h5-17,20H,4,18-19H2,1-3H3,(H,35,36). The van der Waals surface area contributed by atoms with Crippen LogP contribution in [0.15, 0.2) is 89.6 Å². The van der Waals surface area contributed by atoms with Gasteiger partial charge in [0.25, 0.3) is 0 Å². The van der Waals surface area contributed by atoms with E-state index >= 15 is 0 Å². The van der Waals surface area contributed by atoms with Crippen molar-refractivity contribution in [3.63, 3.8) is 0 Å². The van der Waals surface area contributed by atoms with Gasteiger partial charge < -0.3 is 19.3 Å². The molecule has 8 heteroatoms. The van der Waals surface area contributed by atoms with Gasteiger partial charge in [0, 0.05) is 23.4 Å². The fourth-order valence-electron chi connectivity index (χ4n) is 4.96. The van der Waals surface area contributed by atoms with E-state index in [1.807, 2.05) is 68.4 Å². The van der Waals surface area contributed by atoms with Crippen LogP contribution in [-0.2, 0) is 14.9 Å². The fourth-order valence-corrected chi connectivity index (χ4v) is 4.96. The number of nitrogens with zero attached hydrogens (tertiary/aromatic N) is 3. The summed E-state index contributed by atoms with van der Waals surface area (Å²) in [5, 5.41) is 7.60. The highest BCUT2D eigenvalue weighted by atomic mass is 16.5. The molecular weight excluding hydrogens is 516 g/mol. The van der Waals surface area contributed by atoms with E-state index in [4.69, 9.17) is 19.0 Å². The minimum atomic E-state index is -0.466. The lowest BCUT2D eigenvalue weighted by Crippen LogP contribution is -2.23. The summed E-state index contributed by atoms with van der Waals surface area (Å²) in [6, 6.07) is 25.9. The van der Waals surface area contributed by atoms with E-state index in [0.29, 0.717) is 24.1 Å². The molecule has 0 bridgehead atoms. The Balaban J connectivity index is 1.20. The number of esters is 1. The van der Waals surface area contributed by atoms with Gasteiger partial charge in [0.2, 0.25) is 5.88 Å². The minimum Gasteiger partial charge on any atom is -0.481 e. The van der Waals surface area contributed by atoms with Gasteiger partial charge in [0.1, 0.15) is 17.2 Å². The summed E-state index contributed by atoms with van der Waals surface area (Å²) in [7, 11) is 1.59. The average Bonchev–Trinajstić information content (AvgIpc) is 3.76. The predicted molar refractivity (Wildman–Crippen MR) is 157 cm³/mol. The summed E-state index contributed by atoms with van der Waals surface area (Å²) >= 11 is 0. The lowest BCUT2D eigenvalue weighted by molar-refractivity contribution is -0.146. The van der Waals surface area contributed by atoms with Crippen molar-refractivity contribution in [2.24, 2.45) is 0 Å². The molecule has 3 heterocycles. The molecule has 1 aliphatic carbocycles. The number of carbonyl (C=O) groups excluding carboxylic acids is 1. The quantitative estimate of drug-likeness (QED) is 0.195. The lowest BCUT2D eigenvalue weighted by Gasteiger charge is -2.14. The third-order valence-corrected chi connectivity index (χ3v) is 7.44. The summed E-state index contributed by atoms with van der Waals surface area (Å²) in [5.41, 5.74) is 6.73. The topological polar surface area (TPSA) is 99.4 Å². The molecule has 1 aliphatic rings. The number of carbonyl (C=O) groups is 1. The van der Waals surface area contributed by atoms with Crippen LogP contribution in [0.25, 0.3) is 33.7 Å². The molecule has 6 rings (SSSR count). The Labute approximate surface area is 238 Å². The second kappa shape index (κ2) is 10.9. The third-order valence-electron chi connectivity index (χ3n) is 7.44. The van der Waals surface area contributed by atoms with E-state index in [-0.39, 0.29) is 5.97 Å². The number of ether oxygens (including phenoxy) is 2. The van der Waals surface area contributed by atoms with E-state index in [9.17, 15) is 4.79 Å². The molecule has 3 aromatic heterocycles. The van der Waals surface area contributed by atoms with Crippen molar-refractivity contribution in [3.05, 3.63) is 96.3 Å². The van der Waals surface area contributed by atoms with Crippen molar-refractivity contribution in [2.75, 3.05) is 19.0 Å². The molecule has 0 unspecified atom stereocenters. The van der Waals surface area contributed by atoms with Crippen molar-refractivity contribution in [3.8, 4) is 39.6 Å². The van der Waals surface area contributed by atoms with Gasteiger partial charge in [-0.2, -0.15) is 0 Å². The van der Waals surface area contributed by atoms with Crippen LogP contribution in [0.3, 0.4) is 0 Å². The van der Waals surface area contributed by atoms with Crippen molar-refractivity contribution in [1.29, 1.82) is 0 Å². The zero-order valence-corrected chi connectivity index (χ0v) is 23.2. The van der Waals surface area contributed by atoms with Crippen LogP contribution in [-0.4, -0.2) is 34.8 Å². The maximum absolute atomic E-state index is 12.5. The van der Waals surface area contributed by atoms with Crippen LogP contribution in [0.5, 0.6) is 5.88 Å². The number of pyridine rings is 2. The largest absolute Gasteiger partial charge is 0.481 e. The highest BCUT2D eigenvalue weighted by Crippen LogP contribution is 2.49. The van der Waals surface area contributed by atoms with Crippen molar-refractivity contribution in [1.82, 2.24) is 15.1 Å². The van der Waals surface area contributed by atoms with Gasteiger partial charge in [-0.05, 0) is 61.6 Å². The first-order valence-corrected chi connectivity index (χ1v) is 13.6. The first-order valence-electron chi connectivity index (χ1n) is 13.6. The smallest absolute Gasteiger partial charge is 0.316 e. The van der Waals surface area contributed by atoms with Crippen LogP contribution >= 0.6 is 0 Å². The van der Waals surface area contributed by atoms with E-state index in [1.54, 1.807) is 13.3 Å². The SMILES string of the molecule is CCOC(=O)C1(c2ccc(-c3ccc(-c4onc(C)c4Nc4cccc(-c5ccc(OC)nc5)n4)cc3)cc2)CC1. The normalized spacial score (nSPS) is 13.4. The summed E-state index contributed by atoms with van der Waals surface area (Å²) in [5.74, 6) is 1.73. The summed E-state index contributed by atoms with van der Waals surface area (Å²) < 4.78 is 16.2. The summed E-state index contributed by atoms with van der Waals surface area (Å²) in [6.07, 6.45) is 3.41. The monoisotopic (exact) mass is 546 g/mol. The molecule has 0 amide bonds. The van der Waals surface area contributed by atoms with E-state index in [0.717, 1.165) is 57.7 Å². The number of rotatable bonds is 9. The predicted octanol–water partition coefficient (Wildman–Crippen LogP) is 7.12. The molecule has 5 aromatic rings. The van der Waals surface area contributed by atoms with Gasteiger partial charge in [-0.1, -0.05) is 59.8 Å². The van der Waals surface area contributed by atoms with E-state index in [1.165, 1.54) is 0 Å². The van der Waals surface area contributed by atoms with Crippen LogP contribution in [0.4, 0.5) is 11.5 Å². The number of anilines is 2. The summed E-state index contributed by atoms with van der Waals surface area (Å²) in [4.78, 5) is 21.5. The van der Waals surface area contributed by atoms with Crippen LogP contribution < -0.4 is 10.1 Å². The number of aryl methyl sites for hydroxylation is 1. The van der Waals surface area contributed by atoms with Gasteiger partial charge in [-0.3, -0.25) is 4.79 Å². The second-order valence-electron chi connectivity index (χ2n) is 10.1. The molecule has 206 valence electrons. The molecule has 0 radical (unpaired) electrons. The molecular formula is C33H30N4O4. The number of methoxy groups -OCH3 is 1. The number of nitrogens with one attached hydrogen (secondary N) is 1. The maximum Gasteiger partial charge on any atom is 0.316 e. The molecule has 1 saturated carbocycles. The second-order valence-corrected chi connectivity index (χ2v) is 10.1. The molecule has 1 N–H and O–H groups in total. The molecule has 8 nitrogen and oxygen atoms in total. The zero-order chi connectivity index (χ0) is 28.4. The maximum atomic E-state index is 12.5. The first kappa shape index (κ1) is 26.3. The molecule has 0 saturated heterocycles. The Kier molecular flexibility index (Phi) is 6.97. The van der Waals surface area contributed by atoms with Crippen molar-refractivity contribution >= 4 is 17.5 Å². The molecule has 1 fully saturated rings. The van der Waals surface area contributed by atoms with Gasteiger partial charge >= 0.3 is 5.97 Å². The first-order chi connectivity index (χ1) is 20.0. The number of hydrogen-bond donors (Lipinski definition) is 1. The molecule has 2 aromatic carbocycles. The third kappa shape index (κ3) is 5.16. The van der Waals surface area contributed by atoms with Crippen molar-refractivity contribution < 1.29 is 18.8 Å². The Morgan fingerprint density at radius 1 is 0.927 bits per heavy atom. The van der Waals surface area contributed by atoms with Crippen LogP contribution in [0.1, 0.15) is 31.0 Å². The summed E-state index contributed by atoms with van der Waals surface area (Å²) in [6.45, 7) is 4.14. The number of hydrogen-bond acceptors (Lipinski definition) is 8. The molecule has 0 atom stereocenters. The van der Waals surface area contributed by atoms with E-state index < -0.39 is 5.41 Å². The molecule has 41 heavy (non-hydrogen) atoms. The highest BCUT2D eigenvalue weighted by molar-refractivity contribution is 5.87. The van der Waals surface area contributed by atoms with Gasteiger partial charge in [0.15, 0.2) is 5.76 Å². The van der Waals surface area contributed by atoms with Gasteiger partial charge in [0.05, 0.1) is 24.8 Å². The Hall–Kier alpha value is -4.98. The van der Waals surface area contributed by atoms with Gasteiger partial charge in [-0.25, -0.2) is 9.97 Å². The Morgan fingerprint density at radius 2 is 1.61 bits per heavy atom. The zero-order valence-electron chi connectivity index (χ0n) is 23.2. The van der Waals surface area contributed by atoms with Gasteiger partial charge in [-0.15, -0.1) is 0 Å². The molecule has 0 aliphatic heterocycles. The number of benzene rings is 2. The minimum absolute atomic E-state index is 0.122. The Bertz CT molecular complexity index is 1670. The number of aromatic nitrogens is 3. The van der Waals surface area contributed by atoms with Crippen LogP contribution in [0, 0.1) is 6.92 Å². The molecule has 0 spiro atoms. The van der Waals surface area contributed by atoms with Crippen LogP contribution in [0.2, 0.25) is 0 Å². The highest BCUT2D eigenvalue weighted by Gasteiger charge is 2.52.